The van der Waals surface area contributed by atoms with Crippen LogP contribution in [-0.4, -0.2) is 51.7 Å². The Morgan fingerprint density at radius 2 is 2.00 bits per heavy atom. The lowest BCUT2D eigenvalue weighted by atomic mass is 9.71. The van der Waals surface area contributed by atoms with E-state index < -0.39 is 17.2 Å². The SMILES string of the molecule is CC1=CC(=N)N(C)C(=O)C2CN(c3ccc(F)cn3)C[C@]12c1cc(-c2cncnc2)cs1. The summed E-state index contributed by atoms with van der Waals surface area (Å²) in [5.41, 5.74) is 2.23. The van der Waals surface area contributed by atoms with Crippen LogP contribution in [0.1, 0.15) is 11.8 Å². The van der Waals surface area contributed by atoms with E-state index in [2.05, 4.69) is 26.4 Å². The summed E-state index contributed by atoms with van der Waals surface area (Å²) in [5, 5.41) is 10.4. The predicted molar refractivity (Wildman–Crippen MR) is 121 cm³/mol. The summed E-state index contributed by atoms with van der Waals surface area (Å²) in [6.07, 6.45) is 8.00. The van der Waals surface area contributed by atoms with E-state index in [9.17, 15) is 9.18 Å². The number of aromatic nitrogens is 3. The van der Waals surface area contributed by atoms with Gasteiger partial charge < -0.3 is 9.80 Å². The first-order chi connectivity index (χ1) is 15.4. The molecule has 1 saturated heterocycles. The van der Waals surface area contributed by atoms with Crippen molar-refractivity contribution in [3.05, 3.63) is 70.8 Å². The summed E-state index contributed by atoms with van der Waals surface area (Å²) >= 11 is 1.59. The Hall–Kier alpha value is -3.46. The molecule has 2 atom stereocenters. The Morgan fingerprint density at radius 1 is 1.22 bits per heavy atom. The van der Waals surface area contributed by atoms with Crippen LogP contribution in [-0.2, 0) is 10.2 Å². The Kier molecular flexibility index (Phi) is 4.85. The number of nitrogens with one attached hydrogen (secondary N) is 1. The minimum absolute atomic E-state index is 0.106. The Labute approximate surface area is 188 Å². The molecule has 0 radical (unpaired) electrons. The molecule has 0 bridgehead atoms. The molecule has 2 aliphatic heterocycles. The van der Waals surface area contributed by atoms with Crippen molar-refractivity contribution >= 4 is 28.9 Å². The van der Waals surface area contributed by atoms with Gasteiger partial charge in [0.15, 0.2) is 0 Å². The summed E-state index contributed by atoms with van der Waals surface area (Å²) in [6.45, 7) is 2.93. The van der Waals surface area contributed by atoms with Gasteiger partial charge in [0, 0.05) is 43.0 Å². The average molecular weight is 449 g/mol. The molecule has 5 rings (SSSR count). The molecule has 162 valence electrons. The van der Waals surface area contributed by atoms with Crippen LogP contribution in [0.4, 0.5) is 10.2 Å². The number of likely N-dealkylation sites (N-methyl/N-ethyl adjacent to an activating group) is 1. The Bertz CT molecular complexity index is 1220. The molecule has 3 aromatic heterocycles. The molecule has 1 fully saturated rings. The molecule has 7 nitrogen and oxygen atoms in total. The topological polar surface area (TPSA) is 86.1 Å². The van der Waals surface area contributed by atoms with Gasteiger partial charge in [0.1, 0.15) is 23.8 Å². The second kappa shape index (κ2) is 7.59. The molecule has 0 spiro atoms. The number of rotatable bonds is 3. The second-order valence-electron chi connectivity index (χ2n) is 8.18. The van der Waals surface area contributed by atoms with Crippen LogP contribution >= 0.6 is 11.3 Å². The summed E-state index contributed by atoms with van der Waals surface area (Å²) in [4.78, 5) is 30.5. The third-order valence-corrected chi connectivity index (χ3v) is 7.56. The van der Waals surface area contributed by atoms with Crippen molar-refractivity contribution in [2.24, 2.45) is 5.92 Å². The predicted octanol–water partition coefficient (Wildman–Crippen LogP) is 3.51. The van der Waals surface area contributed by atoms with Crippen LogP contribution in [0.15, 0.2) is 60.1 Å². The van der Waals surface area contributed by atoms with Gasteiger partial charge in [-0.25, -0.2) is 19.3 Å². The highest BCUT2D eigenvalue weighted by atomic mass is 32.1. The number of halogens is 1. The highest BCUT2D eigenvalue weighted by Gasteiger charge is 2.55. The van der Waals surface area contributed by atoms with E-state index in [1.54, 1.807) is 42.9 Å². The van der Waals surface area contributed by atoms with Crippen molar-refractivity contribution in [1.82, 2.24) is 19.9 Å². The first kappa shape index (κ1) is 20.4. The Balaban J connectivity index is 1.65. The number of amides is 1. The molecule has 1 unspecified atom stereocenters. The fourth-order valence-electron chi connectivity index (χ4n) is 4.67. The van der Waals surface area contributed by atoms with E-state index >= 15 is 0 Å². The van der Waals surface area contributed by atoms with Gasteiger partial charge in [-0.2, -0.15) is 0 Å². The van der Waals surface area contributed by atoms with Crippen molar-refractivity contribution in [2.75, 3.05) is 25.0 Å². The lowest BCUT2D eigenvalue weighted by Crippen LogP contribution is -2.43. The maximum atomic E-state index is 13.5. The lowest BCUT2D eigenvalue weighted by molar-refractivity contribution is -0.131. The van der Waals surface area contributed by atoms with Crippen LogP contribution < -0.4 is 4.90 Å². The number of hydrogen-bond acceptors (Lipinski definition) is 7. The summed E-state index contributed by atoms with van der Waals surface area (Å²) in [7, 11) is 1.64. The van der Waals surface area contributed by atoms with Crippen molar-refractivity contribution < 1.29 is 9.18 Å². The van der Waals surface area contributed by atoms with E-state index in [1.807, 2.05) is 11.8 Å². The fraction of sp³-hybridized carbons (Fsp3) is 0.261. The van der Waals surface area contributed by atoms with Crippen LogP contribution in [0, 0.1) is 17.1 Å². The average Bonchev–Trinajstić information content (AvgIpc) is 3.44. The smallest absolute Gasteiger partial charge is 0.234 e. The molecular weight excluding hydrogens is 427 g/mol. The van der Waals surface area contributed by atoms with Gasteiger partial charge in [-0.05, 0) is 42.1 Å². The molecule has 9 heteroatoms. The van der Waals surface area contributed by atoms with Gasteiger partial charge in [-0.3, -0.25) is 10.2 Å². The standard InChI is InChI=1S/C23H21FN6OS/c1-14-5-20(25)29(2)22(31)18-10-30(21-4-3-17(24)9-28-21)12-23(14,18)19-6-15(11-32-19)16-7-26-13-27-8-16/h3-9,11,13,18,25H,10,12H2,1-2H3/t18?,23-/m0/s1. The number of carbonyl (C=O) groups is 1. The van der Waals surface area contributed by atoms with E-state index in [-0.39, 0.29) is 11.7 Å². The lowest BCUT2D eigenvalue weighted by Gasteiger charge is -2.33. The maximum absolute atomic E-state index is 13.5. The molecule has 1 N–H and O–H groups in total. The fourth-order valence-corrected chi connectivity index (χ4v) is 5.90. The van der Waals surface area contributed by atoms with Crippen LogP contribution in [0.3, 0.4) is 0 Å². The number of fused-ring (bicyclic) bond motifs is 1. The van der Waals surface area contributed by atoms with Crippen LogP contribution in [0.25, 0.3) is 11.1 Å². The van der Waals surface area contributed by atoms with E-state index in [4.69, 9.17) is 5.41 Å². The maximum Gasteiger partial charge on any atom is 0.234 e. The summed E-state index contributed by atoms with van der Waals surface area (Å²) in [5.74, 6) is -0.0979. The quantitative estimate of drug-likeness (QED) is 0.663. The zero-order valence-corrected chi connectivity index (χ0v) is 18.4. The molecule has 3 aromatic rings. The zero-order valence-electron chi connectivity index (χ0n) is 17.6. The third-order valence-electron chi connectivity index (χ3n) is 6.45. The molecule has 5 heterocycles. The Morgan fingerprint density at radius 3 is 2.72 bits per heavy atom. The number of anilines is 1. The number of amidine groups is 1. The number of carbonyl (C=O) groups excluding carboxylic acids is 1. The largest absolute Gasteiger partial charge is 0.354 e. The number of thiophene rings is 1. The second-order valence-corrected chi connectivity index (χ2v) is 9.09. The van der Waals surface area contributed by atoms with E-state index in [1.165, 1.54) is 23.5 Å². The van der Waals surface area contributed by atoms with Crippen LogP contribution in [0.5, 0.6) is 0 Å². The molecule has 0 saturated carbocycles. The molecule has 0 aromatic carbocycles. The monoisotopic (exact) mass is 448 g/mol. The normalized spacial score (nSPS) is 23.2. The molecule has 0 aliphatic carbocycles. The first-order valence-corrected chi connectivity index (χ1v) is 11.0. The number of nitrogens with zero attached hydrogens (tertiary/aromatic N) is 5. The number of pyridine rings is 1. The third kappa shape index (κ3) is 3.12. The van der Waals surface area contributed by atoms with Crippen LogP contribution in [0.2, 0.25) is 0 Å². The van der Waals surface area contributed by atoms with Gasteiger partial charge in [-0.1, -0.05) is 5.57 Å². The van der Waals surface area contributed by atoms with E-state index in [0.717, 1.165) is 21.6 Å². The van der Waals surface area contributed by atoms with Gasteiger partial charge in [0.2, 0.25) is 5.91 Å². The van der Waals surface area contributed by atoms with Gasteiger partial charge >= 0.3 is 0 Å². The minimum Gasteiger partial charge on any atom is -0.354 e. The van der Waals surface area contributed by atoms with Crippen molar-refractivity contribution in [3.63, 3.8) is 0 Å². The van der Waals surface area contributed by atoms with Crippen molar-refractivity contribution in [2.45, 2.75) is 12.3 Å². The molecule has 32 heavy (non-hydrogen) atoms. The number of hydrogen-bond donors (Lipinski definition) is 1. The van der Waals surface area contributed by atoms with Crippen molar-refractivity contribution in [1.29, 1.82) is 5.41 Å². The summed E-state index contributed by atoms with van der Waals surface area (Å²) < 4.78 is 13.5. The highest BCUT2D eigenvalue weighted by Crippen LogP contribution is 2.50. The molecular formula is C23H21FN6OS. The van der Waals surface area contributed by atoms with Gasteiger partial charge in [-0.15, -0.1) is 11.3 Å². The highest BCUT2D eigenvalue weighted by molar-refractivity contribution is 7.10. The minimum atomic E-state index is -0.622. The van der Waals surface area contributed by atoms with Crippen molar-refractivity contribution in [3.8, 4) is 11.1 Å². The first-order valence-electron chi connectivity index (χ1n) is 10.2. The molecule has 2 aliphatic rings. The van der Waals surface area contributed by atoms with Gasteiger partial charge in [0.05, 0.1) is 17.5 Å². The summed E-state index contributed by atoms with van der Waals surface area (Å²) in [6, 6.07) is 5.12. The zero-order chi connectivity index (χ0) is 22.5. The van der Waals surface area contributed by atoms with Gasteiger partial charge in [0.25, 0.3) is 0 Å². The van der Waals surface area contributed by atoms with E-state index in [0.29, 0.717) is 18.9 Å². The molecule has 1 amide bonds.